The molecule has 2 fully saturated rings. The van der Waals surface area contributed by atoms with Crippen LogP contribution in [0.25, 0.3) is 0 Å². The third-order valence-corrected chi connectivity index (χ3v) is 5.62. The van der Waals surface area contributed by atoms with Crippen LogP contribution in [0, 0.1) is 0 Å². The Kier molecular flexibility index (Phi) is 4.81. The molecule has 0 unspecified atom stereocenters. The van der Waals surface area contributed by atoms with Crippen LogP contribution in [0.1, 0.15) is 39.0 Å². The van der Waals surface area contributed by atoms with Crippen molar-refractivity contribution in [1.82, 2.24) is 13.9 Å². The molecular weight excluding hydrogens is 266 g/mol. The first-order valence-corrected chi connectivity index (χ1v) is 8.46. The average Bonchev–Trinajstić information content (AvgIpc) is 2.39. The Morgan fingerprint density at radius 2 is 1.63 bits per heavy atom. The van der Waals surface area contributed by atoms with Crippen molar-refractivity contribution >= 4 is 16.1 Å². The van der Waals surface area contributed by atoms with Gasteiger partial charge in [0.2, 0.25) is 5.91 Å². The van der Waals surface area contributed by atoms with Crippen LogP contribution in [0.4, 0.5) is 0 Å². The molecule has 7 heteroatoms. The summed E-state index contributed by atoms with van der Waals surface area (Å²) in [5.74, 6) is 0.0114. The molecule has 2 aliphatic rings. The smallest absolute Gasteiger partial charge is 0.279 e. The molecule has 1 aliphatic carbocycles. The lowest BCUT2D eigenvalue weighted by atomic mass is 9.96. The van der Waals surface area contributed by atoms with Crippen molar-refractivity contribution in [3.63, 3.8) is 0 Å². The zero-order chi connectivity index (χ0) is 13.9. The molecule has 0 atom stereocenters. The third-order valence-electron chi connectivity index (χ3n) is 3.94. The van der Waals surface area contributed by atoms with Gasteiger partial charge in [0.1, 0.15) is 0 Å². The molecule has 1 heterocycles. The molecule has 0 spiro atoms. The number of nitrogens with one attached hydrogen (secondary N) is 1. The first kappa shape index (κ1) is 14.7. The molecule has 0 aromatic carbocycles. The summed E-state index contributed by atoms with van der Waals surface area (Å²) in [4.78, 5) is 12.9. The van der Waals surface area contributed by atoms with E-state index >= 15 is 0 Å². The summed E-state index contributed by atoms with van der Waals surface area (Å²) in [6, 6.07) is 0.0876. The number of nitrogens with zero attached hydrogens (tertiary/aromatic N) is 2. The van der Waals surface area contributed by atoms with Crippen LogP contribution in [0.5, 0.6) is 0 Å². The highest BCUT2D eigenvalue weighted by Gasteiger charge is 2.29. The van der Waals surface area contributed by atoms with Crippen molar-refractivity contribution in [3.8, 4) is 0 Å². The van der Waals surface area contributed by atoms with Crippen LogP contribution in [0.15, 0.2) is 0 Å². The van der Waals surface area contributed by atoms with Gasteiger partial charge in [-0.3, -0.25) is 4.79 Å². The summed E-state index contributed by atoms with van der Waals surface area (Å²) in [5, 5.41) is 0. The van der Waals surface area contributed by atoms with E-state index < -0.39 is 10.2 Å². The van der Waals surface area contributed by atoms with E-state index in [1.54, 1.807) is 4.90 Å². The molecule has 1 aliphatic heterocycles. The van der Waals surface area contributed by atoms with Gasteiger partial charge < -0.3 is 4.90 Å². The summed E-state index contributed by atoms with van der Waals surface area (Å²) in [6.45, 7) is 3.27. The van der Waals surface area contributed by atoms with Crippen LogP contribution < -0.4 is 4.72 Å². The largest absolute Gasteiger partial charge is 0.340 e. The standard InChI is InChI=1S/C12H23N3O3S/c1-11(16)14-7-9-15(10-8-14)19(17,18)13-12-5-3-2-4-6-12/h12-13H,2-10H2,1H3. The number of amides is 1. The summed E-state index contributed by atoms with van der Waals surface area (Å²) in [7, 11) is -3.39. The fourth-order valence-electron chi connectivity index (χ4n) is 2.75. The van der Waals surface area contributed by atoms with Crippen LogP contribution in [0.2, 0.25) is 0 Å². The number of carbonyl (C=O) groups excluding carboxylic acids is 1. The SMILES string of the molecule is CC(=O)N1CCN(S(=O)(=O)NC2CCCCC2)CC1. The minimum atomic E-state index is -3.39. The number of hydrogen-bond donors (Lipinski definition) is 1. The average molecular weight is 289 g/mol. The Labute approximate surface area is 115 Å². The molecule has 1 amide bonds. The summed E-state index contributed by atoms with van der Waals surface area (Å²) in [5.41, 5.74) is 0. The van der Waals surface area contributed by atoms with E-state index in [9.17, 15) is 13.2 Å². The molecule has 2 rings (SSSR count). The topological polar surface area (TPSA) is 69.7 Å². The minimum Gasteiger partial charge on any atom is -0.340 e. The Morgan fingerprint density at radius 3 is 2.16 bits per heavy atom. The first-order valence-electron chi connectivity index (χ1n) is 7.02. The van der Waals surface area contributed by atoms with Gasteiger partial charge >= 0.3 is 0 Å². The molecular formula is C12H23N3O3S. The van der Waals surface area contributed by atoms with Crippen molar-refractivity contribution in [2.24, 2.45) is 0 Å². The molecule has 0 aromatic heterocycles. The van der Waals surface area contributed by atoms with E-state index in [4.69, 9.17) is 0 Å². The highest BCUT2D eigenvalue weighted by molar-refractivity contribution is 7.87. The highest BCUT2D eigenvalue weighted by Crippen LogP contribution is 2.19. The Bertz CT molecular complexity index is 410. The second-order valence-electron chi connectivity index (χ2n) is 5.36. The molecule has 1 N–H and O–H groups in total. The molecule has 110 valence electrons. The van der Waals surface area contributed by atoms with E-state index in [1.165, 1.54) is 17.6 Å². The van der Waals surface area contributed by atoms with E-state index in [2.05, 4.69) is 4.72 Å². The monoisotopic (exact) mass is 289 g/mol. The van der Waals surface area contributed by atoms with Gasteiger partial charge in [-0.2, -0.15) is 17.4 Å². The molecule has 1 saturated heterocycles. The number of piperazine rings is 1. The number of carbonyl (C=O) groups is 1. The zero-order valence-corrected chi connectivity index (χ0v) is 12.3. The molecule has 19 heavy (non-hydrogen) atoms. The second-order valence-corrected chi connectivity index (χ2v) is 7.07. The summed E-state index contributed by atoms with van der Waals surface area (Å²) < 4.78 is 28.7. The normalized spacial score (nSPS) is 23.5. The van der Waals surface area contributed by atoms with E-state index in [0.717, 1.165) is 25.7 Å². The highest BCUT2D eigenvalue weighted by atomic mass is 32.2. The lowest BCUT2D eigenvalue weighted by molar-refractivity contribution is -0.129. The van der Waals surface area contributed by atoms with Crippen LogP contribution >= 0.6 is 0 Å². The summed E-state index contributed by atoms with van der Waals surface area (Å²) in [6.07, 6.45) is 5.28. The van der Waals surface area contributed by atoms with Crippen molar-refractivity contribution in [2.75, 3.05) is 26.2 Å². The van der Waals surface area contributed by atoms with Crippen molar-refractivity contribution in [2.45, 2.75) is 45.1 Å². The molecule has 0 radical (unpaired) electrons. The van der Waals surface area contributed by atoms with E-state index in [1.807, 2.05) is 0 Å². The Morgan fingerprint density at radius 1 is 1.05 bits per heavy atom. The Hall–Kier alpha value is -0.660. The second kappa shape index (κ2) is 6.19. The predicted molar refractivity (Wildman–Crippen MR) is 72.8 cm³/mol. The fraction of sp³-hybridized carbons (Fsp3) is 0.917. The maximum atomic E-state index is 12.2. The fourth-order valence-corrected chi connectivity index (χ4v) is 4.20. The number of rotatable bonds is 3. The van der Waals surface area contributed by atoms with E-state index in [0.29, 0.717) is 26.2 Å². The first-order chi connectivity index (χ1) is 8.99. The lowest BCUT2D eigenvalue weighted by Gasteiger charge is -2.34. The van der Waals surface area contributed by atoms with Gasteiger partial charge in [-0.25, -0.2) is 0 Å². The third kappa shape index (κ3) is 3.90. The van der Waals surface area contributed by atoms with Gasteiger partial charge in [0.05, 0.1) is 0 Å². The van der Waals surface area contributed by atoms with Gasteiger partial charge in [0, 0.05) is 39.1 Å². The van der Waals surface area contributed by atoms with Crippen LogP contribution in [-0.4, -0.2) is 55.8 Å². The maximum absolute atomic E-state index is 12.2. The quantitative estimate of drug-likeness (QED) is 0.813. The molecule has 0 aromatic rings. The Balaban J connectivity index is 1.88. The minimum absolute atomic E-state index is 0.0114. The van der Waals surface area contributed by atoms with Gasteiger partial charge in [-0.05, 0) is 12.8 Å². The van der Waals surface area contributed by atoms with Gasteiger partial charge in [0.15, 0.2) is 0 Å². The van der Waals surface area contributed by atoms with Crippen molar-refractivity contribution < 1.29 is 13.2 Å². The van der Waals surface area contributed by atoms with Gasteiger partial charge in [-0.15, -0.1) is 0 Å². The van der Waals surface area contributed by atoms with Crippen LogP contribution in [0.3, 0.4) is 0 Å². The van der Waals surface area contributed by atoms with Crippen LogP contribution in [-0.2, 0) is 15.0 Å². The molecule has 6 nitrogen and oxygen atoms in total. The maximum Gasteiger partial charge on any atom is 0.279 e. The van der Waals surface area contributed by atoms with Gasteiger partial charge in [-0.1, -0.05) is 19.3 Å². The number of hydrogen-bond acceptors (Lipinski definition) is 3. The molecule has 1 saturated carbocycles. The zero-order valence-electron chi connectivity index (χ0n) is 11.5. The van der Waals surface area contributed by atoms with Gasteiger partial charge in [0.25, 0.3) is 10.2 Å². The predicted octanol–water partition coefficient (Wildman–Crippen LogP) is 0.318. The molecule has 0 bridgehead atoms. The van der Waals surface area contributed by atoms with E-state index in [-0.39, 0.29) is 11.9 Å². The van der Waals surface area contributed by atoms with Crippen molar-refractivity contribution in [3.05, 3.63) is 0 Å². The summed E-state index contributed by atoms with van der Waals surface area (Å²) >= 11 is 0. The lowest BCUT2D eigenvalue weighted by Crippen LogP contribution is -2.54. The van der Waals surface area contributed by atoms with Crippen molar-refractivity contribution in [1.29, 1.82) is 0 Å².